The molecule has 3 aromatic rings. The van der Waals surface area contributed by atoms with Crippen LogP contribution in [0.4, 0.5) is 8.78 Å². The van der Waals surface area contributed by atoms with Crippen LogP contribution in [0.5, 0.6) is 11.5 Å². The van der Waals surface area contributed by atoms with E-state index in [1.54, 1.807) is 24.3 Å². The van der Waals surface area contributed by atoms with E-state index in [4.69, 9.17) is 20.2 Å². The first kappa shape index (κ1) is 20.3. The second-order valence-electron chi connectivity index (χ2n) is 8.00. The SMILES string of the molecule is NC1=N[C@@]2(CS1)c1cc(-c3cccnc3F)ccc1Oc1c2cc(C2=CCCOC2)nc1F. The van der Waals surface area contributed by atoms with E-state index in [0.717, 1.165) is 12.0 Å². The van der Waals surface area contributed by atoms with Crippen LogP contribution in [0.25, 0.3) is 16.7 Å². The van der Waals surface area contributed by atoms with Crippen LogP contribution in [0.3, 0.4) is 0 Å². The number of halogens is 2. The van der Waals surface area contributed by atoms with Crippen LogP contribution in [0, 0.1) is 11.9 Å². The average molecular weight is 464 g/mol. The zero-order chi connectivity index (χ0) is 22.6. The minimum atomic E-state index is -0.985. The largest absolute Gasteiger partial charge is 0.452 e. The number of rotatable bonds is 2. The maximum Gasteiger partial charge on any atom is 0.256 e. The highest BCUT2D eigenvalue weighted by Gasteiger charge is 2.47. The molecule has 1 spiro atoms. The molecule has 166 valence electrons. The minimum absolute atomic E-state index is 0.0305. The van der Waals surface area contributed by atoms with Gasteiger partial charge < -0.3 is 15.2 Å². The van der Waals surface area contributed by atoms with Crippen LogP contribution in [-0.2, 0) is 10.3 Å². The smallest absolute Gasteiger partial charge is 0.256 e. The second kappa shape index (κ2) is 7.64. The van der Waals surface area contributed by atoms with Crippen LogP contribution < -0.4 is 10.5 Å². The summed E-state index contributed by atoms with van der Waals surface area (Å²) in [7, 11) is 0. The molecule has 3 aliphatic heterocycles. The molecule has 0 fully saturated rings. The van der Waals surface area contributed by atoms with Crippen molar-refractivity contribution in [1.82, 2.24) is 9.97 Å². The number of ether oxygens (including phenoxy) is 2. The number of thioether (sulfide) groups is 1. The Balaban J connectivity index is 1.57. The number of fused-ring (bicyclic) bond motifs is 4. The molecule has 2 N–H and O–H groups in total. The van der Waals surface area contributed by atoms with Crippen molar-refractivity contribution in [3.8, 4) is 22.6 Å². The lowest BCUT2D eigenvalue weighted by Crippen LogP contribution is -2.31. The van der Waals surface area contributed by atoms with Gasteiger partial charge >= 0.3 is 0 Å². The highest BCUT2D eigenvalue weighted by molar-refractivity contribution is 8.14. The first-order valence-electron chi connectivity index (χ1n) is 10.4. The Morgan fingerprint density at radius 2 is 2.00 bits per heavy atom. The number of amidine groups is 1. The predicted molar refractivity (Wildman–Crippen MR) is 122 cm³/mol. The minimum Gasteiger partial charge on any atom is -0.452 e. The van der Waals surface area contributed by atoms with Gasteiger partial charge in [0, 0.05) is 28.6 Å². The summed E-state index contributed by atoms with van der Waals surface area (Å²) >= 11 is 1.39. The van der Waals surface area contributed by atoms with Crippen LogP contribution in [0.15, 0.2) is 53.7 Å². The fraction of sp³-hybridized carbons (Fsp3) is 0.208. The molecule has 0 amide bonds. The van der Waals surface area contributed by atoms with Gasteiger partial charge in [-0.25, -0.2) is 15.0 Å². The lowest BCUT2D eigenvalue weighted by Gasteiger charge is -2.35. The number of nitrogens with two attached hydrogens (primary N) is 1. The molecule has 0 radical (unpaired) electrons. The van der Waals surface area contributed by atoms with Gasteiger partial charge in [-0.3, -0.25) is 0 Å². The third-order valence-corrected chi connectivity index (χ3v) is 7.00. The summed E-state index contributed by atoms with van der Waals surface area (Å²) < 4.78 is 41.2. The quantitative estimate of drug-likeness (QED) is 0.557. The summed E-state index contributed by atoms with van der Waals surface area (Å²) in [5, 5.41) is 0.394. The molecule has 0 aliphatic carbocycles. The fourth-order valence-electron chi connectivity index (χ4n) is 4.48. The molecular formula is C24H18F2N4O2S. The number of aromatic nitrogens is 2. The first-order valence-corrected chi connectivity index (χ1v) is 11.4. The van der Waals surface area contributed by atoms with Crippen LogP contribution >= 0.6 is 11.8 Å². The molecule has 1 atom stereocenters. The Hall–Kier alpha value is -3.30. The maximum atomic E-state index is 15.3. The molecule has 3 aliphatic rings. The molecule has 2 aromatic heterocycles. The Bertz CT molecular complexity index is 1360. The third-order valence-electron chi connectivity index (χ3n) is 6.05. The van der Waals surface area contributed by atoms with E-state index >= 15 is 4.39 Å². The van der Waals surface area contributed by atoms with Gasteiger partial charge in [-0.05, 0) is 47.9 Å². The van der Waals surface area contributed by atoms with Gasteiger partial charge in [-0.1, -0.05) is 23.9 Å². The van der Waals surface area contributed by atoms with Gasteiger partial charge in [-0.15, -0.1) is 0 Å². The summed E-state index contributed by atoms with van der Waals surface area (Å²) in [5.41, 5.74) is 8.63. The lowest BCUT2D eigenvalue weighted by molar-refractivity contribution is 0.164. The molecule has 0 bridgehead atoms. The van der Waals surface area contributed by atoms with Gasteiger partial charge in [0.1, 0.15) is 11.3 Å². The zero-order valence-corrected chi connectivity index (χ0v) is 18.2. The van der Waals surface area contributed by atoms with Gasteiger partial charge in [-0.2, -0.15) is 8.78 Å². The average Bonchev–Trinajstić information content (AvgIpc) is 3.23. The van der Waals surface area contributed by atoms with Crippen molar-refractivity contribution >= 4 is 22.5 Å². The summed E-state index contributed by atoms with van der Waals surface area (Å²) in [5.74, 6) is -0.368. The maximum absolute atomic E-state index is 15.3. The van der Waals surface area contributed by atoms with Crippen LogP contribution in [-0.4, -0.2) is 34.1 Å². The van der Waals surface area contributed by atoms with Gasteiger partial charge in [0.2, 0.25) is 5.95 Å². The number of nitrogens with zero attached hydrogens (tertiary/aromatic N) is 3. The molecule has 1 aromatic carbocycles. The first-order chi connectivity index (χ1) is 16.0. The van der Waals surface area contributed by atoms with E-state index in [0.29, 0.717) is 57.8 Å². The fourth-order valence-corrected chi connectivity index (χ4v) is 5.43. The van der Waals surface area contributed by atoms with E-state index in [2.05, 4.69) is 9.97 Å². The van der Waals surface area contributed by atoms with Crippen molar-refractivity contribution in [2.75, 3.05) is 19.0 Å². The monoisotopic (exact) mass is 464 g/mol. The molecule has 0 unspecified atom stereocenters. The van der Waals surface area contributed by atoms with Crippen molar-refractivity contribution in [2.24, 2.45) is 10.7 Å². The number of hydrogen-bond donors (Lipinski definition) is 1. The van der Waals surface area contributed by atoms with Crippen LogP contribution in [0.2, 0.25) is 0 Å². The predicted octanol–water partition coefficient (Wildman–Crippen LogP) is 4.64. The highest BCUT2D eigenvalue weighted by Crippen LogP contribution is 2.54. The van der Waals surface area contributed by atoms with Crippen molar-refractivity contribution in [3.63, 3.8) is 0 Å². The third kappa shape index (κ3) is 3.22. The van der Waals surface area contributed by atoms with E-state index in [1.165, 1.54) is 18.0 Å². The number of benzene rings is 1. The Kier molecular flexibility index (Phi) is 4.70. The topological polar surface area (TPSA) is 82.6 Å². The van der Waals surface area contributed by atoms with E-state index in [1.807, 2.05) is 18.2 Å². The van der Waals surface area contributed by atoms with Crippen LogP contribution in [0.1, 0.15) is 23.2 Å². The normalized spacial score (nSPS) is 21.2. The summed E-state index contributed by atoms with van der Waals surface area (Å²) in [6.07, 6.45) is 4.14. The van der Waals surface area contributed by atoms with E-state index in [-0.39, 0.29) is 5.75 Å². The molecular weight excluding hydrogens is 446 g/mol. The molecule has 9 heteroatoms. The summed E-state index contributed by atoms with van der Waals surface area (Å²) in [6, 6.07) is 10.4. The molecule has 5 heterocycles. The summed E-state index contributed by atoms with van der Waals surface area (Å²) in [6.45, 7) is 0.989. The van der Waals surface area contributed by atoms with Gasteiger partial charge in [0.25, 0.3) is 5.95 Å². The number of aliphatic imine (C=N–C) groups is 1. The van der Waals surface area contributed by atoms with Crippen molar-refractivity contribution in [2.45, 2.75) is 12.0 Å². The molecule has 0 saturated carbocycles. The standard InChI is InChI=1S/C24H18F2N4O2S/c25-21-15(4-1-7-28-21)13-5-6-19-16(9-13)24(12-33-23(27)30-24)17-10-18(14-3-2-8-31-11-14)29-22(26)20(17)32-19/h1,3-7,9-10H,2,8,11-12H2,(H2,27,30)/t24-/m0/s1. The molecule has 6 rings (SSSR count). The van der Waals surface area contributed by atoms with E-state index in [9.17, 15) is 4.39 Å². The molecule has 0 saturated heterocycles. The van der Waals surface area contributed by atoms with Crippen molar-refractivity contribution in [3.05, 3.63) is 77.4 Å². The number of pyridine rings is 2. The number of hydrogen-bond acceptors (Lipinski definition) is 7. The zero-order valence-electron chi connectivity index (χ0n) is 17.3. The van der Waals surface area contributed by atoms with Gasteiger partial charge in [0.15, 0.2) is 10.9 Å². The molecule has 33 heavy (non-hydrogen) atoms. The van der Waals surface area contributed by atoms with Gasteiger partial charge in [0.05, 0.1) is 18.9 Å². The summed E-state index contributed by atoms with van der Waals surface area (Å²) in [4.78, 5) is 12.7. The Morgan fingerprint density at radius 1 is 1.09 bits per heavy atom. The van der Waals surface area contributed by atoms with Crippen molar-refractivity contribution < 1.29 is 18.3 Å². The Morgan fingerprint density at radius 3 is 2.76 bits per heavy atom. The van der Waals surface area contributed by atoms with Crippen molar-refractivity contribution in [1.29, 1.82) is 0 Å². The highest BCUT2D eigenvalue weighted by atomic mass is 32.2. The van der Waals surface area contributed by atoms with E-state index < -0.39 is 17.4 Å². The second-order valence-corrected chi connectivity index (χ2v) is 9.00. The lowest BCUT2D eigenvalue weighted by atomic mass is 9.80. The Labute approximate surface area is 192 Å². The molecule has 6 nitrogen and oxygen atoms in total.